The van der Waals surface area contributed by atoms with Crippen molar-refractivity contribution in [2.75, 3.05) is 42.9 Å². The van der Waals surface area contributed by atoms with E-state index in [-0.39, 0.29) is 11.0 Å². The first-order chi connectivity index (χ1) is 13.3. The molecular weight excluding hydrogens is 380 g/mol. The van der Waals surface area contributed by atoms with E-state index in [0.717, 1.165) is 11.3 Å². The minimum absolute atomic E-state index is 0.239. The van der Waals surface area contributed by atoms with Crippen molar-refractivity contribution in [3.8, 4) is 0 Å². The van der Waals surface area contributed by atoms with Crippen LogP contribution in [0.3, 0.4) is 0 Å². The van der Waals surface area contributed by atoms with Gasteiger partial charge in [-0.05, 0) is 31.5 Å². The third-order valence-corrected chi connectivity index (χ3v) is 6.24. The molecule has 28 heavy (non-hydrogen) atoms. The van der Waals surface area contributed by atoms with Crippen molar-refractivity contribution in [3.63, 3.8) is 0 Å². The predicted octanol–water partition coefficient (Wildman–Crippen LogP) is 2.39. The summed E-state index contributed by atoms with van der Waals surface area (Å²) >= 11 is 0. The number of benzene rings is 1. The first-order valence-electron chi connectivity index (χ1n) is 8.94. The second-order valence-corrected chi connectivity index (χ2v) is 8.36. The number of amides is 1. The molecule has 2 aromatic rings. The van der Waals surface area contributed by atoms with Gasteiger partial charge in [-0.25, -0.2) is 13.2 Å². The molecule has 0 aliphatic carbocycles. The van der Waals surface area contributed by atoms with Gasteiger partial charge in [-0.3, -0.25) is 9.71 Å². The number of ether oxygens (including phenoxy) is 1. The normalized spacial score (nSPS) is 14.7. The lowest BCUT2D eigenvalue weighted by Crippen LogP contribution is -2.49. The molecule has 0 atom stereocenters. The highest BCUT2D eigenvalue weighted by atomic mass is 32.2. The summed E-state index contributed by atoms with van der Waals surface area (Å²) in [6.45, 7) is 5.83. The Balaban J connectivity index is 1.82. The molecule has 2 heterocycles. The van der Waals surface area contributed by atoms with Gasteiger partial charge in [-0.1, -0.05) is 17.7 Å². The van der Waals surface area contributed by atoms with Crippen LogP contribution in [0, 0.1) is 13.8 Å². The molecule has 1 amide bonds. The molecule has 3 rings (SSSR count). The fraction of sp³-hybridized carbons (Fsp3) is 0.368. The van der Waals surface area contributed by atoms with Crippen molar-refractivity contribution in [2.24, 2.45) is 0 Å². The van der Waals surface area contributed by atoms with Crippen LogP contribution in [0.5, 0.6) is 0 Å². The third kappa shape index (κ3) is 4.19. The van der Waals surface area contributed by atoms with Crippen molar-refractivity contribution in [2.45, 2.75) is 18.7 Å². The third-order valence-electron chi connectivity index (χ3n) is 4.72. The van der Waals surface area contributed by atoms with Gasteiger partial charge in [-0.2, -0.15) is 0 Å². The Morgan fingerprint density at radius 3 is 2.50 bits per heavy atom. The minimum atomic E-state index is -3.75. The number of aryl methyl sites for hydroxylation is 2. The molecule has 1 fully saturated rings. The number of hydrogen-bond acceptors (Lipinski definition) is 6. The second-order valence-electron chi connectivity index (χ2n) is 6.71. The van der Waals surface area contributed by atoms with Gasteiger partial charge in [0.25, 0.3) is 10.0 Å². The average Bonchev–Trinajstić information content (AvgIpc) is 2.67. The Labute approximate surface area is 165 Å². The van der Waals surface area contributed by atoms with Gasteiger partial charge in [0.15, 0.2) is 0 Å². The van der Waals surface area contributed by atoms with Gasteiger partial charge in [0.2, 0.25) is 0 Å². The van der Waals surface area contributed by atoms with Crippen LogP contribution < -0.4 is 9.62 Å². The monoisotopic (exact) mass is 404 g/mol. The van der Waals surface area contributed by atoms with E-state index in [2.05, 4.69) is 9.71 Å². The lowest BCUT2D eigenvalue weighted by Gasteiger charge is -2.36. The summed E-state index contributed by atoms with van der Waals surface area (Å²) in [6.07, 6.45) is 2.77. The smallest absolute Gasteiger partial charge is 0.409 e. The Morgan fingerprint density at radius 1 is 1.14 bits per heavy atom. The summed E-state index contributed by atoms with van der Waals surface area (Å²) in [7, 11) is -2.39. The van der Waals surface area contributed by atoms with Crippen molar-refractivity contribution in [1.82, 2.24) is 9.88 Å². The lowest BCUT2D eigenvalue weighted by molar-refractivity contribution is 0.121. The maximum atomic E-state index is 12.9. The number of carbonyl (C=O) groups excluding carboxylic acids is 1. The van der Waals surface area contributed by atoms with Gasteiger partial charge in [0.05, 0.1) is 29.6 Å². The Morgan fingerprint density at radius 2 is 1.86 bits per heavy atom. The number of carbonyl (C=O) groups is 1. The second kappa shape index (κ2) is 8.05. The van der Waals surface area contributed by atoms with Gasteiger partial charge in [0, 0.05) is 32.4 Å². The van der Waals surface area contributed by atoms with Crippen LogP contribution in [-0.4, -0.2) is 57.7 Å². The molecule has 9 heteroatoms. The van der Waals surface area contributed by atoms with E-state index in [1.54, 1.807) is 36.2 Å². The van der Waals surface area contributed by atoms with E-state index < -0.39 is 10.0 Å². The predicted molar refractivity (Wildman–Crippen MR) is 107 cm³/mol. The van der Waals surface area contributed by atoms with Crippen LogP contribution >= 0.6 is 0 Å². The van der Waals surface area contributed by atoms with Gasteiger partial charge >= 0.3 is 6.09 Å². The molecule has 1 aromatic carbocycles. The number of hydrogen-bond donors (Lipinski definition) is 1. The van der Waals surface area contributed by atoms with Gasteiger partial charge in [-0.15, -0.1) is 0 Å². The molecule has 0 unspecified atom stereocenters. The maximum Gasteiger partial charge on any atom is 0.409 e. The Kier molecular flexibility index (Phi) is 5.73. The average molecular weight is 404 g/mol. The number of sulfonamides is 1. The van der Waals surface area contributed by atoms with Gasteiger partial charge < -0.3 is 14.5 Å². The maximum absolute atomic E-state index is 12.9. The molecule has 0 radical (unpaired) electrons. The summed E-state index contributed by atoms with van der Waals surface area (Å²) in [4.78, 5) is 19.6. The number of aromatic nitrogens is 1. The minimum Gasteiger partial charge on any atom is -0.453 e. The lowest BCUT2D eigenvalue weighted by atomic mass is 10.2. The summed E-state index contributed by atoms with van der Waals surface area (Å²) in [5, 5.41) is 0. The van der Waals surface area contributed by atoms with Crippen LogP contribution in [0.2, 0.25) is 0 Å². The van der Waals surface area contributed by atoms with E-state index in [1.807, 2.05) is 17.9 Å². The first-order valence-corrected chi connectivity index (χ1v) is 10.4. The molecule has 8 nitrogen and oxygen atoms in total. The van der Waals surface area contributed by atoms with Crippen LogP contribution in [0.4, 0.5) is 16.2 Å². The van der Waals surface area contributed by atoms with Gasteiger partial charge in [0.1, 0.15) is 0 Å². The van der Waals surface area contributed by atoms with E-state index in [0.29, 0.717) is 37.4 Å². The van der Waals surface area contributed by atoms with E-state index in [4.69, 9.17) is 4.74 Å². The molecule has 0 saturated carbocycles. The summed E-state index contributed by atoms with van der Waals surface area (Å²) < 4.78 is 33.3. The number of pyridine rings is 1. The van der Waals surface area contributed by atoms with E-state index >= 15 is 0 Å². The van der Waals surface area contributed by atoms with Crippen molar-refractivity contribution >= 4 is 27.5 Å². The number of nitrogens with one attached hydrogen (secondary N) is 1. The fourth-order valence-electron chi connectivity index (χ4n) is 3.30. The zero-order valence-electron chi connectivity index (χ0n) is 16.2. The van der Waals surface area contributed by atoms with E-state index in [9.17, 15) is 13.2 Å². The summed E-state index contributed by atoms with van der Waals surface area (Å²) in [5.74, 6) is 0. The zero-order chi connectivity index (χ0) is 20.3. The van der Waals surface area contributed by atoms with Crippen molar-refractivity contribution in [1.29, 1.82) is 0 Å². The summed E-state index contributed by atoms with van der Waals surface area (Å²) in [5.41, 5.74) is 2.83. The quantitative estimate of drug-likeness (QED) is 0.841. The molecule has 1 aliphatic heterocycles. The molecule has 0 bridgehead atoms. The molecule has 1 N–H and O–H groups in total. The molecule has 1 aliphatic rings. The molecule has 150 valence electrons. The Bertz CT molecular complexity index is 970. The summed E-state index contributed by atoms with van der Waals surface area (Å²) in [6, 6.07) is 6.99. The first kappa shape index (κ1) is 19.9. The zero-order valence-corrected chi connectivity index (χ0v) is 17.0. The highest BCUT2D eigenvalue weighted by molar-refractivity contribution is 7.92. The fourth-order valence-corrected chi connectivity index (χ4v) is 4.59. The van der Waals surface area contributed by atoms with Crippen LogP contribution in [0.1, 0.15) is 11.1 Å². The van der Waals surface area contributed by atoms with E-state index in [1.165, 1.54) is 13.3 Å². The van der Waals surface area contributed by atoms with Crippen LogP contribution in [0.15, 0.2) is 41.6 Å². The number of anilines is 2. The standard InChI is InChI=1S/C19H24N4O4S/c1-14-4-5-18(15(2)12-14)28(25,26)21-16-13-20-7-6-17(16)22-8-10-23(11-9-22)19(24)27-3/h4-7,12-13,21H,8-11H2,1-3H3. The topological polar surface area (TPSA) is 91.8 Å². The number of nitrogens with zero attached hydrogens (tertiary/aromatic N) is 3. The van der Waals surface area contributed by atoms with Crippen LogP contribution in [0.25, 0.3) is 0 Å². The SMILES string of the molecule is COC(=O)N1CCN(c2ccncc2NS(=O)(=O)c2ccc(C)cc2C)CC1. The molecule has 1 saturated heterocycles. The number of methoxy groups -OCH3 is 1. The Hall–Kier alpha value is -2.81. The number of rotatable bonds is 4. The van der Waals surface area contributed by atoms with Crippen molar-refractivity contribution in [3.05, 3.63) is 47.8 Å². The molecule has 1 aromatic heterocycles. The highest BCUT2D eigenvalue weighted by Gasteiger charge is 2.25. The molecule has 0 spiro atoms. The molecular formula is C19H24N4O4S. The number of piperazine rings is 1. The highest BCUT2D eigenvalue weighted by Crippen LogP contribution is 2.29. The van der Waals surface area contributed by atoms with Crippen LogP contribution in [-0.2, 0) is 14.8 Å². The largest absolute Gasteiger partial charge is 0.453 e. The van der Waals surface area contributed by atoms with Crippen molar-refractivity contribution < 1.29 is 17.9 Å².